The van der Waals surface area contributed by atoms with Crippen LogP contribution in [0.2, 0.25) is 0 Å². The smallest absolute Gasteiger partial charge is 0.305 e. The van der Waals surface area contributed by atoms with Crippen molar-refractivity contribution in [3.8, 4) is 0 Å². The van der Waals surface area contributed by atoms with Crippen LogP contribution in [0, 0.1) is 0 Å². The summed E-state index contributed by atoms with van der Waals surface area (Å²) in [5, 5.41) is 23.0. The Bertz CT molecular complexity index is 920. The molecule has 0 bridgehead atoms. The van der Waals surface area contributed by atoms with E-state index in [0.29, 0.717) is 19.4 Å². The van der Waals surface area contributed by atoms with Gasteiger partial charge in [0, 0.05) is 12.8 Å². The molecular formula is C53H101NO5. The van der Waals surface area contributed by atoms with Crippen molar-refractivity contribution in [1.82, 2.24) is 5.32 Å². The number of allylic oxidation sites excluding steroid dienone is 3. The summed E-state index contributed by atoms with van der Waals surface area (Å²) < 4.78 is 5.44. The van der Waals surface area contributed by atoms with Crippen molar-refractivity contribution >= 4 is 11.9 Å². The molecule has 0 spiro atoms. The van der Waals surface area contributed by atoms with E-state index in [4.69, 9.17) is 4.74 Å². The molecule has 0 radical (unpaired) electrons. The molecule has 0 aromatic rings. The lowest BCUT2D eigenvalue weighted by atomic mass is 10.0. The van der Waals surface area contributed by atoms with Gasteiger partial charge in [0.15, 0.2) is 0 Å². The van der Waals surface area contributed by atoms with Crippen molar-refractivity contribution in [3.63, 3.8) is 0 Å². The zero-order valence-corrected chi connectivity index (χ0v) is 39.5. The molecule has 0 aliphatic heterocycles. The van der Waals surface area contributed by atoms with Crippen molar-refractivity contribution in [2.24, 2.45) is 0 Å². The summed E-state index contributed by atoms with van der Waals surface area (Å²) in [5.74, 6) is -0.0804. The van der Waals surface area contributed by atoms with Gasteiger partial charge < -0.3 is 20.3 Å². The highest BCUT2D eigenvalue weighted by Crippen LogP contribution is 2.16. The first-order valence-electron chi connectivity index (χ1n) is 26.1. The van der Waals surface area contributed by atoms with E-state index in [0.717, 1.165) is 44.9 Å². The van der Waals surface area contributed by atoms with E-state index >= 15 is 0 Å². The third-order valence-corrected chi connectivity index (χ3v) is 12.0. The molecule has 6 nitrogen and oxygen atoms in total. The van der Waals surface area contributed by atoms with E-state index in [1.165, 1.54) is 205 Å². The van der Waals surface area contributed by atoms with E-state index in [1.54, 1.807) is 6.08 Å². The maximum absolute atomic E-state index is 12.4. The van der Waals surface area contributed by atoms with Crippen molar-refractivity contribution in [2.75, 3.05) is 13.2 Å². The van der Waals surface area contributed by atoms with Gasteiger partial charge in [0.05, 0.1) is 25.4 Å². The van der Waals surface area contributed by atoms with Crippen LogP contribution in [0.4, 0.5) is 0 Å². The Labute approximate surface area is 367 Å². The van der Waals surface area contributed by atoms with Gasteiger partial charge in [0.1, 0.15) is 0 Å². The van der Waals surface area contributed by atoms with Crippen LogP contribution < -0.4 is 5.32 Å². The number of rotatable bonds is 48. The van der Waals surface area contributed by atoms with Crippen LogP contribution in [0.25, 0.3) is 0 Å². The van der Waals surface area contributed by atoms with Gasteiger partial charge in [0.2, 0.25) is 5.91 Å². The highest BCUT2D eigenvalue weighted by Gasteiger charge is 2.18. The zero-order chi connectivity index (χ0) is 43.0. The van der Waals surface area contributed by atoms with Crippen LogP contribution in [-0.4, -0.2) is 47.4 Å². The predicted molar refractivity (Wildman–Crippen MR) is 255 cm³/mol. The number of esters is 1. The van der Waals surface area contributed by atoms with E-state index < -0.39 is 12.1 Å². The Morgan fingerprint density at radius 1 is 0.458 bits per heavy atom. The molecule has 0 aromatic heterocycles. The molecule has 3 N–H and O–H groups in total. The summed E-state index contributed by atoms with van der Waals surface area (Å²) in [6.45, 7) is 4.85. The number of nitrogens with one attached hydrogen (secondary N) is 1. The van der Waals surface area contributed by atoms with Crippen molar-refractivity contribution < 1.29 is 24.5 Å². The average molecular weight is 832 g/mol. The second-order valence-corrected chi connectivity index (χ2v) is 17.9. The van der Waals surface area contributed by atoms with Crippen LogP contribution in [0.1, 0.15) is 277 Å². The molecule has 2 atom stereocenters. The summed E-state index contributed by atoms with van der Waals surface area (Å²) in [5.41, 5.74) is 0. The summed E-state index contributed by atoms with van der Waals surface area (Å²) in [7, 11) is 0. The maximum atomic E-state index is 12.4. The third-order valence-electron chi connectivity index (χ3n) is 12.0. The third kappa shape index (κ3) is 45.7. The molecule has 0 aromatic carbocycles. The number of aliphatic hydroxyl groups is 2. The highest BCUT2D eigenvalue weighted by molar-refractivity contribution is 5.76. The second-order valence-electron chi connectivity index (χ2n) is 17.9. The molecule has 59 heavy (non-hydrogen) atoms. The minimum atomic E-state index is -0.847. The molecular weight excluding hydrogens is 731 g/mol. The lowest BCUT2D eigenvalue weighted by Crippen LogP contribution is -2.45. The van der Waals surface area contributed by atoms with Gasteiger partial charge in [-0.1, -0.05) is 237 Å². The minimum Gasteiger partial charge on any atom is -0.466 e. The van der Waals surface area contributed by atoms with Gasteiger partial charge in [-0.15, -0.1) is 0 Å². The van der Waals surface area contributed by atoms with Gasteiger partial charge in [0.25, 0.3) is 0 Å². The van der Waals surface area contributed by atoms with Crippen molar-refractivity contribution in [3.05, 3.63) is 24.3 Å². The Morgan fingerprint density at radius 2 is 0.814 bits per heavy atom. The molecule has 0 fully saturated rings. The molecule has 348 valence electrons. The fourth-order valence-electron chi connectivity index (χ4n) is 7.91. The Hall–Kier alpha value is -1.66. The van der Waals surface area contributed by atoms with Crippen LogP contribution in [-0.2, 0) is 14.3 Å². The molecule has 0 aliphatic carbocycles. The first kappa shape index (κ1) is 57.3. The van der Waals surface area contributed by atoms with E-state index in [-0.39, 0.29) is 18.5 Å². The monoisotopic (exact) mass is 832 g/mol. The van der Waals surface area contributed by atoms with Crippen LogP contribution in [0.15, 0.2) is 24.3 Å². The lowest BCUT2D eigenvalue weighted by Gasteiger charge is -2.20. The summed E-state index contributed by atoms with van der Waals surface area (Å²) in [6.07, 6.45) is 57.5. The summed E-state index contributed by atoms with van der Waals surface area (Å²) in [4.78, 5) is 24.4. The molecule has 0 saturated carbocycles. The number of hydrogen-bond donors (Lipinski definition) is 3. The fourth-order valence-corrected chi connectivity index (χ4v) is 7.91. The first-order chi connectivity index (χ1) is 29.0. The zero-order valence-electron chi connectivity index (χ0n) is 39.5. The van der Waals surface area contributed by atoms with Crippen LogP contribution >= 0.6 is 0 Å². The SMILES string of the molecule is CCCC/C=C\CCCCCCCC(=O)OCCCCCCCCCCCCCCCCCCCC(=O)NC(CO)C(O)/C=C/CCCCCCCCCCCCCC. The highest BCUT2D eigenvalue weighted by atomic mass is 16.5. The number of aliphatic hydroxyl groups excluding tert-OH is 2. The maximum Gasteiger partial charge on any atom is 0.305 e. The Kier molecular flexibility index (Phi) is 47.6. The van der Waals surface area contributed by atoms with Crippen molar-refractivity contribution in [2.45, 2.75) is 289 Å². The van der Waals surface area contributed by atoms with Gasteiger partial charge in [-0.3, -0.25) is 9.59 Å². The molecule has 2 unspecified atom stereocenters. The minimum absolute atomic E-state index is 0.00696. The molecule has 6 heteroatoms. The number of ether oxygens (including phenoxy) is 1. The van der Waals surface area contributed by atoms with Gasteiger partial charge in [-0.05, 0) is 51.4 Å². The van der Waals surface area contributed by atoms with Gasteiger partial charge in [-0.2, -0.15) is 0 Å². The molecule has 1 amide bonds. The number of carbonyl (C=O) groups is 2. The Morgan fingerprint density at radius 3 is 1.25 bits per heavy atom. The standard InChI is InChI=1S/C53H101NO5/c1-3-5-7-9-11-13-15-16-22-26-29-33-37-41-45-51(56)50(49-55)54-52(57)46-42-38-34-30-27-23-20-18-17-19-21-24-28-32-36-40-44-48-59-53(58)47-43-39-35-31-25-14-12-10-8-6-4-2/h10,12,41,45,50-51,55-56H,3-9,11,13-40,42-44,46-49H2,1-2H3,(H,54,57)/b12-10-,45-41+. The van der Waals surface area contributed by atoms with E-state index in [9.17, 15) is 19.8 Å². The molecule has 0 rings (SSSR count). The fraction of sp³-hybridized carbons (Fsp3) is 0.887. The van der Waals surface area contributed by atoms with E-state index in [2.05, 4.69) is 31.3 Å². The number of unbranched alkanes of at least 4 members (excludes halogenated alkanes) is 35. The lowest BCUT2D eigenvalue weighted by molar-refractivity contribution is -0.143. The molecule has 0 heterocycles. The predicted octanol–water partition coefficient (Wildman–Crippen LogP) is 15.5. The Balaban J connectivity index is 3.46. The second kappa shape index (κ2) is 49.0. The largest absolute Gasteiger partial charge is 0.466 e. The molecule has 0 saturated heterocycles. The van der Waals surface area contributed by atoms with Crippen molar-refractivity contribution in [1.29, 1.82) is 0 Å². The number of hydrogen-bond acceptors (Lipinski definition) is 5. The van der Waals surface area contributed by atoms with Gasteiger partial charge in [-0.25, -0.2) is 0 Å². The van der Waals surface area contributed by atoms with Gasteiger partial charge >= 0.3 is 5.97 Å². The van der Waals surface area contributed by atoms with Crippen LogP contribution in [0.3, 0.4) is 0 Å². The number of amides is 1. The van der Waals surface area contributed by atoms with Crippen LogP contribution in [0.5, 0.6) is 0 Å². The normalized spacial score (nSPS) is 12.8. The number of carbonyl (C=O) groups excluding carboxylic acids is 2. The van der Waals surface area contributed by atoms with E-state index in [1.807, 2.05) is 6.08 Å². The summed E-state index contributed by atoms with van der Waals surface area (Å²) in [6, 6.07) is -0.631. The molecule has 0 aliphatic rings. The topological polar surface area (TPSA) is 95.9 Å². The summed E-state index contributed by atoms with van der Waals surface area (Å²) >= 11 is 0. The first-order valence-corrected chi connectivity index (χ1v) is 26.1. The quantitative estimate of drug-likeness (QED) is 0.0322. The average Bonchev–Trinajstić information content (AvgIpc) is 3.24.